The molecule has 0 aliphatic rings. The van der Waals surface area contributed by atoms with E-state index >= 15 is 0 Å². The molecule has 0 aliphatic heterocycles. The monoisotopic (exact) mass is 669 g/mol. The van der Waals surface area contributed by atoms with Crippen LogP contribution in [0, 0.1) is 6.92 Å². The van der Waals surface area contributed by atoms with Crippen molar-refractivity contribution in [1.82, 2.24) is 5.32 Å². The van der Waals surface area contributed by atoms with Crippen molar-refractivity contribution in [2.45, 2.75) is 24.0 Å². The molecule has 1 heterocycles. The average Bonchev–Trinajstić information content (AvgIpc) is 3.52. The van der Waals surface area contributed by atoms with Crippen LogP contribution in [0.1, 0.15) is 28.6 Å². The van der Waals surface area contributed by atoms with Crippen LogP contribution in [-0.4, -0.2) is 23.0 Å². The first-order chi connectivity index (χ1) is 22.1. The lowest BCUT2D eigenvalue weighted by Crippen LogP contribution is -2.30. The number of carbonyl (C=O) groups excluding carboxylic acids is 3. The molecular formula is C36H29Cl2N3O4S. The van der Waals surface area contributed by atoms with E-state index in [1.165, 1.54) is 17.8 Å². The number of thioether (sulfide) groups is 1. The van der Waals surface area contributed by atoms with E-state index in [1.807, 2.05) is 37.3 Å². The number of benzene rings is 4. The number of halogens is 2. The maximum atomic E-state index is 13.5. The molecule has 7 nitrogen and oxygen atoms in total. The zero-order valence-electron chi connectivity index (χ0n) is 24.8. The average molecular weight is 671 g/mol. The first-order valence-electron chi connectivity index (χ1n) is 14.2. The van der Waals surface area contributed by atoms with Crippen molar-refractivity contribution in [1.29, 1.82) is 0 Å². The molecule has 46 heavy (non-hydrogen) atoms. The number of rotatable bonds is 10. The second-order valence-corrected chi connectivity index (χ2v) is 12.6. The first-order valence-corrected chi connectivity index (χ1v) is 15.9. The van der Waals surface area contributed by atoms with Crippen molar-refractivity contribution < 1.29 is 18.8 Å². The van der Waals surface area contributed by atoms with E-state index < -0.39 is 17.1 Å². The van der Waals surface area contributed by atoms with Gasteiger partial charge in [0.05, 0.1) is 16.0 Å². The quantitative estimate of drug-likeness (QED) is 0.102. The van der Waals surface area contributed by atoms with Gasteiger partial charge in [0, 0.05) is 32.8 Å². The molecule has 0 spiro atoms. The topological polar surface area (TPSA) is 100 Å². The number of amides is 3. The van der Waals surface area contributed by atoms with Crippen molar-refractivity contribution in [2.24, 2.45) is 0 Å². The Morgan fingerprint density at radius 3 is 2.24 bits per heavy atom. The Labute approximate surface area is 281 Å². The third-order valence-corrected chi connectivity index (χ3v) is 8.42. The maximum Gasteiger partial charge on any atom is 0.272 e. The molecular weight excluding hydrogens is 641 g/mol. The third kappa shape index (κ3) is 8.69. The SMILES string of the molecule is Cc1ccc(-c2ccc(/C=C(\NC(=O)c3ccccc3)C(=O)Nc3ccc(S[C@H](C)C(=O)Nc4ccc(Cl)cc4Cl)cc3)o2)cc1. The van der Waals surface area contributed by atoms with E-state index in [2.05, 4.69) is 16.0 Å². The fourth-order valence-corrected chi connectivity index (χ4v) is 5.61. The standard InChI is InChI=1S/C36H29Cl2N3O4S/c1-22-8-10-24(11-9-22)33-19-15-28(45-33)21-32(41-35(43)25-6-4-3-5-7-25)36(44)39-27-13-16-29(17-14-27)46-23(2)34(42)40-31-18-12-26(37)20-30(31)38/h3-21,23H,1-2H3,(H,39,44)(H,40,42)(H,41,43)/b32-21-/t23-/m1/s1. The van der Waals surface area contributed by atoms with Crippen LogP contribution in [0.2, 0.25) is 10.0 Å². The molecule has 10 heteroatoms. The van der Waals surface area contributed by atoms with Crippen molar-refractivity contribution in [2.75, 3.05) is 10.6 Å². The van der Waals surface area contributed by atoms with Gasteiger partial charge in [-0.15, -0.1) is 11.8 Å². The van der Waals surface area contributed by atoms with Crippen LogP contribution < -0.4 is 16.0 Å². The highest BCUT2D eigenvalue weighted by Crippen LogP contribution is 2.29. The fraction of sp³-hybridized carbons (Fsp3) is 0.0833. The number of hydrogen-bond donors (Lipinski definition) is 3. The zero-order valence-corrected chi connectivity index (χ0v) is 27.2. The minimum Gasteiger partial charge on any atom is -0.457 e. The van der Waals surface area contributed by atoms with Crippen molar-refractivity contribution >= 4 is 70.1 Å². The van der Waals surface area contributed by atoms with Crippen LogP contribution >= 0.6 is 35.0 Å². The summed E-state index contributed by atoms with van der Waals surface area (Å²) in [5.41, 5.74) is 3.40. The molecule has 5 rings (SSSR count). The highest BCUT2D eigenvalue weighted by molar-refractivity contribution is 8.00. The number of aryl methyl sites for hydroxylation is 1. The van der Waals surface area contributed by atoms with E-state index in [0.29, 0.717) is 38.5 Å². The van der Waals surface area contributed by atoms with Gasteiger partial charge in [0.25, 0.3) is 11.8 Å². The molecule has 0 aliphatic carbocycles. The van der Waals surface area contributed by atoms with Gasteiger partial charge in [0.1, 0.15) is 17.2 Å². The Morgan fingerprint density at radius 1 is 0.826 bits per heavy atom. The summed E-state index contributed by atoms with van der Waals surface area (Å²) in [4.78, 5) is 40.0. The van der Waals surface area contributed by atoms with Gasteiger partial charge < -0.3 is 20.4 Å². The molecule has 3 amide bonds. The smallest absolute Gasteiger partial charge is 0.272 e. The van der Waals surface area contributed by atoms with Crippen LogP contribution in [0.15, 0.2) is 124 Å². The summed E-state index contributed by atoms with van der Waals surface area (Å²) in [6.45, 7) is 3.79. The summed E-state index contributed by atoms with van der Waals surface area (Å²) < 4.78 is 5.99. The summed E-state index contributed by atoms with van der Waals surface area (Å²) in [5, 5.41) is 8.76. The zero-order chi connectivity index (χ0) is 32.6. The molecule has 4 aromatic carbocycles. The van der Waals surface area contributed by atoms with Crippen LogP contribution in [0.25, 0.3) is 17.4 Å². The molecule has 0 radical (unpaired) electrons. The predicted molar refractivity (Wildman–Crippen MR) is 186 cm³/mol. The molecule has 5 aromatic rings. The summed E-state index contributed by atoms with van der Waals surface area (Å²) in [6.07, 6.45) is 1.49. The normalized spacial score (nSPS) is 11.9. The number of anilines is 2. The predicted octanol–water partition coefficient (Wildman–Crippen LogP) is 9.09. The van der Waals surface area contributed by atoms with Crippen molar-refractivity contribution in [3.8, 4) is 11.3 Å². The van der Waals surface area contributed by atoms with Gasteiger partial charge in [-0.25, -0.2) is 0 Å². The minimum absolute atomic E-state index is 0.00302. The van der Waals surface area contributed by atoms with E-state index in [1.54, 1.807) is 85.8 Å². The summed E-state index contributed by atoms with van der Waals surface area (Å²) >= 11 is 13.5. The lowest BCUT2D eigenvalue weighted by molar-refractivity contribution is -0.115. The van der Waals surface area contributed by atoms with Gasteiger partial charge in [-0.05, 0) is 80.6 Å². The Hall–Kier alpha value is -4.76. The Morgan fingerprint density at radius 2 is 1.54 bits per heavy atom. The van der Waals surface area contributed by atoms with Crippen molar-refractivity contribution in [3.05, 3.63) is 142 Å². The van der Waals surface area contributed by atoms with E-state index in [9.17, 15) is 14.4 Å². The van der Waals surface area contributed by atoms with Crippen molar-refractivity contribution in [3.63, 3.8) is 0 Å². The molecule has 3 N–H and O–H groups in total. The lowest BCUT2D eigenvalue weighted by atomic mass is 10.1. The Bertz CT molecular complexity index is 1890. The second-order valence-electron chi connectivity index (χ2n) is 10.3. The number of carbonyl (C=O) groups is 3. The fourth-order valence-electron chi connectivity index (χ4n) is 4.29. The summed E-state index contributed by atoms with van der Waals surface area (Å²) in [5.74, 6) is -0.170. The van der Waals surface area contributed by atoms with E-state index in [4.69, 9.17) is 27.6 Å². The Balaban J connectivity index is 1.28. The number of nitrogens with one attached hydrogen (secondary N) is 3. The molecule has 0 saturated heterocycles. The van der Waals surface area contributed by atoms with Crippen LogP contribution in [0.4, 0.5) is 11.4 Å². The Kier molecular flexibility index (Phi) is 10.6. The van der Waals surface area contributed by atoms with Crippen LogP contribution in [0.5, 0.6) is 0 Å². The molecule has 0 fully saturated rings. The van der Waals surface area contributed by atoms with Gasteiger partial charge >= 0.3 is 0 Å². The maximum absolute atomic E-state index is 13.5. The highest BCUT2D eigenvalue weighted by atomic mass is 35.5. The van der Waals surface area contributed by atoms with Gasteiger partial charge in [-0.1, -0.05) is 71.2 Å². The number of furan rings is 1. The molecule has 1 atom stereocenters. The first kappa shape index (κ1) is 32.6. The lowest BCUT2D eigenvalue weighted by Gasteiger charge is -2.14. The third-order valence-electron chi connectivity index (χ3n) is 6.76. The highest BCUT2D eigenvalue weighted by Gasteiger charge is 2.18. The molecule has 0 bridgehead atoms. The van der Waals surface area contributed by atoms with Gasteiger partial charge in [-0.3, -0.25) is 14.4 Å². The molecule has 1 aromatic heterocycles. The van der Waals surface area contributed by atoms with Gasteiger partial charge in [-0.2, -0.15) is 0 Å². The molecule has 0 unspecified atom stereocenters. The summed E-state index contributed by atoms with van der Waals surface area (Å²) in [7, 11) is 0. The largest absolute Gasteiger partial charge is 0.457 e. The van der Waals surface area contributed by atoms with Crippen LogP contribution in [-0.2, 0) is 9.59 Å². The van der Waals surface area contributed by atoms with E-state index in [-0.39, 0.29) is 11.6 Å². The molecule has 232 valence electrons. The summed E-state index contributed by atoms with van der Waals surface area (Å²) in [6, 6.07) is 32.0. The second kappa shape index (κ2) is 15.0. The van der Waals surface area contributed by atoms with E-state index in [0.717, 1.165) is 16.0 Å². The van der Waals surface area contributed by atoms with Gasteiger partial charge in [0.15, 0.2) is 0 Å². The number of hydrogen-bond acceptors (Lipinski definition) is 5. The minimum atomic E-state index is -0.537. The van der Waals surface area contributed by atoms with Gasteiger partial charge in [0.2, 0.25) is 5.91 Å². The molecule has 0 saturated carbocycles. The van der Waals surface area contributed by atoms with Crippen LogP contribution in [0.3, 0.4) is 0 Å².